The highest BCUT2D eigenvalue weighted by Gasteiger charge is 2.50. The molecule has 3 fully saturated rings. The van der Waals surface area contributed by atoms with Gasteiger partial charge in [0.1, 0.15) is 11.5 Å². The van der Waals surface area contributed by atoms with Crippen LogP contribution in [0.2, 0.25) is 0 Å². The largest absolute Gasteiger partial charge is 0.344 e. The zero-order valence-electron chi connectivity index (χ0n) is 12.2. The van der Waals surface area contributed by atoms with E-state index in [4.69, 9.17) is 0 Å². The molecule has 1 spiro atoms. The Hall–Kier alpha value is -1.62. The summed E-state index contributed by atoms with van der Waals surface area (Å²) in [5, 5.41) is 9.36. The maximum absolute atomic E-state index is 13.4. The molecule has 4 aliphatic rings. The number of nitrogens with one attached hydrogen (secondary N) is 2. The van der Waals surface area contributed by atoms with Gasteiger partial charge in [-0.2, -0.15) is 5.10 Å². The van der Waals surface area contributed by atoms with E-state index in [-0.39, 0.29) is 11.5 Å². The average molecular weight is 315 g/mol. The van der Waals surface area contributed by atoms with E-state index in [1.165, 1.54) is 38.2 Å². The summed E-state index contributed by atoms with van der Waals surface area (Å²) in [4.78, 5) is 1.09. The van der Waals surface area contributed by atoms with Gasteiger partial charge < -0.3 is 5.32 Å². The second kappa shape index (κ2) is 4.44. The molecule has 0 amide bonds. The topological polar surface area (TPSA) is 36.4 Å². The van der Waals surface area contributed by atoms with Gasteiger partial charge in [0.15, 0.2) is 5.84 Å². The predicted octanol–water partition coefficient (Wildman–Crippen LogP) is 3.80. The minimum Gasteiger partial charge on any atom is -0.344 e. The molecule has 2 heterocycles. The molecule has 22 heavy (non-hydrogen) atoms. The second-order valence-electron chi connectivity index (χ2n) is 6.88. The van der Waals surface area contributed by atoms with Crippen molar-refractivity contribution in [2.75, 3.05) is 0 Å². The molecule has 6 rings (SSSR count). The minimum absolute atomic E-state index is 0.0298. The molecule has 2 bridgehead atoms. The number of halogens is 1. The van der Waals surface area contributed by atoms with E-state index < -0.39 is 0 Å². The number of thiophene rings is 1. The summed E-state index contributed by atoms with van der Waals surface area (Å²) in [6.45, 7) is 0. The van der Waals surface area contributed by atoms with Crippen LogP contribution in [0.4, 0.5) is 4.39 Å². The summed E-state index contributed by atoms with van der Waals surface area (Å²) >= 11 is 1.60. The smallest absolute Gasteiger partial charge is 0.165 e. The predicted molar refractivity (Wildman–Crippen MR) is 87.4 cm³/mol. The molecule has 2 N–H and O–H groups in total. The van der Waals surface area contributed by atoms with Gasteiger partial charge in [0.2, 0.25) is 0 Å². The van der Waals surface area contributed by atoms with E-state index in [1.54, 1.807) is 17.4 Å². The van der Waals surface area contributed by atoms with Crippen LogP contribution in [0.25, 0.3) is 10.1 Å². The molecular weight excluding hydrogens is 297 g/mol. The van der Waals surface area contributed by atoms with E-state index >= 15 is 0 Å². The van der Waals surface area contributed by atoms with Gasteiger partial charge in [-0.3, -0.25) is 5.43 Å². The van der Waals surface area contributed by atoms with Crippen LogP contribution in [0, 0.1) is 17.7 Å². The number of benzene rings is 1. The average Bonchev–Trinajstić information content (AvgIpc) is 3.12. The molecular formula is C17H18FN3S. The molecule has 0 unspecified atom stereocenters. The Labute approximate surface area is 132 Å². The van der Waals surface area contributed by atoms with Crippen molar-refractivity contribution in [2.24, 2.45) is 16.9 Å². The van der Waals surface area contributed by atoms with Crippen molar-refractivity contribution in [3.63, 3.8) is 0 Å². The van der Waals surface area contributed by atoms with Crippen molar-refractivity contribution in [2.45, 2.75) is 37.8 Å². The summed E-state index contributed by atoms with van der Waals surface area (Å²) in [6, 6.07) is 7.06. The van der Waals surface area contributed by atoms with Crippen LogP contribution in [-0.2, 0) is 0 Å². The fourth-order valence-corrected chi connectivity index (χ4v) is 5.47. The lowest BCUT2D eigenvalue weighted by molar-refractivity contribution is 0.0394. The Kier molecular flexibility index (Phi) is 2.60. The lowest BCUT2D eigenvalue weighted by atomic mass is 9.64. The molecule has 1 aromatic heterocycles. The number of fused-ring (bicyclic) bond motifs is 3. The third-order valence-corrected chi connectivity index (χ3v) is 6.68. The van der Waals surface area contributed by atoms with Gasteiger partial charge in [0, 0.05) is 10.6 Å². The summed E-state index contributed by atoms with van der Waals surface area (Å²) in [5.74, 6) is 2.25. The molecule has 114 valence electrons. The van der Waals surface area contributed by atoms with Crippen LogP contribution < -0.4 is 10.7 Å². The molecule has 0 radical (unpaired) electrons. The number of rotatable bonds is 1. The molecule has 3 nitrogen and oxygen atoms in total. The van der Waals surface area contributed by atoms with E-state index in [0.717, 1.165) is 26.7 Å². The van der Waals surface area contributed by atoms with Crippen molar-refractivity contribution in [1.82, 2.24) is 10.7 Å². The number of amidine groups is 1. The van der Waals surface area contributed by atoms with Crippen molar-refractivity contribution < 1.29 is 4.39 Å². The standard InChI is InChI=1S/C17H18FN3S/c18-13-6-3-11-7-15(22-14(11)8-13)16-19-17(21-20-16)9-10-1-4-12(17)5-2-10/h3,6-8,10,12,21H,1-2,4-5,9H2,(H,19,20)/t10?,12?,17-/m0/s1. The fraction of sp³-hybridized carbons (Fsp3) is 0.471. The highest BCUT2D eigenvalue weighted by molar-refractivity contribution is 7.20. The van der Waals surface area contributed by atoms with Crippen LogP contribution in [0.1, 0.15) is 37.0 Å². The molecule has 3 aliphatic carbocycles. The maximum atomic E-state index is 13.4. The minimum atomic E-state index is -0.179. The molecule has 1 aromatic carbocycles. The van der Waals surface area contributed by atoms with Gasteiger partial charge in [-0.25, -0.2) is 4.39 Å². The van der Waals surface area contributed by atoms with Crippen LogP contribution in [0.5, 0.6) is 0 Å². The molecule has 5 heteroatoms. The molecule has 2 aromatic rings. The fourth-order valence-electron chi connectivity index (χ4n) is 4.43. The van der Waals surface area contributed by atoms with Crippen molar-refractivity contribution in [3.8, 4) is 0 Å². The normalized spacial score (nSPS) is 33.0. The number of hydrazone groups is 1. The van der Waals surface area contributed by atoms with Crippen molar-refractivity contribution in [3.05, 3.63) is 35.0 Å². The molecule has 1 aliphatic heterocycles. The molecule has 0 saturated heterocycles. The Morgan fingerprint density at radius 1 is 1.18 bits per heavy atom. The van der Waals surface area contributed by atoms with Crippen LogP contribution in [0.3, 0.4) is 0 Å². The monoisotopic (exact) mass is 315 g/mol. The summed E-state index contributed by atoms with van der Waals surface area (Å²) in [5.41, 5.74) is 3.39. The molecule has 3 saturated carbocycles. The van der Waals surface area contributed by atoms with E-state index in [9.17, 15) is 4.39 Å². The molecule has 1 atom stereocenters. The van der Waals surface area contributed by atoms with Crippen LogP contribution in [0.15, 0.2) is 29.4 Å². The van der Waals surface area contributed by atoms with Gasteiger partial charge in [-0.1, -0.05) is 6.07 Å². The van der Waals surface area contributed by atoms with E-state index in [1.807, 2.05) is 6.07 Å². The van der Waals surface area contributed by atoms with Gasteiger partial charge in [-0.05, 0) is 61.6 Å². The van der Waals surface area contributed by atoms with E-state index in [0.29, 0.717) is 5.92 Å². The maximum Gasteiger partial charge on any atom is 0.165 e. The zero-order valence-corrected chi connectivity index (χ0v) is 13.0. The Balaban J connectivity index is 1.46. The Morgan fingerprint density at radius 3 is 2.82 bits per heavy atom. The van der Waals surface area contributed by atoms with Gasteiger partial charge in [-0.15, -0.1) is 11.3 Å². The number of hydrogen-bond acceptors (Lipinski definition) is 4. The lowest BCUT2D eigenvalue weighted by Crippen LogP contribution is -2.62. The van der Waals surface area contributed by atoms with Gasteiger partial charge in [0.05, 0.1) is 4.88 Å². The number of hydrogen-bond donors (Lipinski definition) is 2. The highest BCUT2D eigenvalue weighted by atomic mass is 32.1. The summed E-state index contributed by atoms with van der Waals surface area (Å²) in [6.07, 6.45) is 6.50. The van der Waals surface area contributed by atoms with E-state index in [2.05, 4.69) is 21.9 Å². The first-order valence-corrected chi connectivity index (χ1v) is 8.86. The van der Waals surface area contributed by atoms with Gasteiger partial charge >= 0.3 is 0 Å². The second-order valence-corrected chi connectivity index (χ2v) is 7.97. The third-order valence-electron chi connectivity index (χ3n) is 5.58. The van der Waals surface area contributed by atoms with Crippen LogP contribution in [-0.4, -0.2) is 11.5 Å². The quantitative estimate of drug-likeness (QED) is 0.840. The third kappa shape index (κ3) is 1.81. The highest BCUT2D eigenvalue weighted by Crippen LogP contribution is 2.47. The Bertz CT molecular complexity index is 775. The van der Waals surface area contributed by atoms with Crippen LogP contribution >= 0.6 is 11.3 Å². The van der Waals surface area contributed by atoms with Gasteiger partial charge in [0.25, 0.3) is 0 Å². The SMILES string of the molecule is Fc1ccc2cc(C3=NN[C@]4(CC5CCC4CC5)N3)sc2c1. The van der Waals surface area contributed by atoms with Crippen molar-refractivity contribution >= 4 is 27.3 Å². The number of nitrogens with zero attached hydrogens (tertiary/aromatic N) is 1. The first-order chi connectivity index (χ1) is 10.7. The summed E-state index contributed by atoms with van der Waals surface area (Å²) in [7, 11) is 0. The lowest BCUT2D eigenvalue weighted by Gasteiger charge is -2.49. The summed E-state index contributed by atoms with van der Waals surface area (Å²) < 4.78 is 14.3. The Morgan fingerprint density at radius 2 is 2.05 bits per heavy atom. The zero-order chi connectivity index (χ0) is 14.7. The first kappa shape index (κ1) is 12.9. The van der Waals surface area contributed by atoms with Crippen molar-refractivity contribution in [1.29, 1.82) is 0 Å². The first-order valence-electron chi connectivity index (χ1n) is 8.04.